The maximum Gasteiger partial charge on any atom is 0.123 e. The molecule has 1 saturated carbocycles. The first-order valence-electron chi connectivity index (χ1n) is 7.60. The van der Waals surface area contributed by atoms with Gasteiger partial charge in [0, 0.05) is 0 Å². The molecule has 1 aromatic rings. The molecule has 106 valence electrons. The van der Waals surface area contributed by atoms with Crippen LogP contribution in [-0.4, -0.2) is 6.54 Å². The maximum absolute atomic E-state index is 13.4. The molecule has 0 bridgehead atoms. The Morgan fingerprint density at radius 1 is 1.11 bits per heavy atom. The third-order valence-electron chi connectivity index (χ3n) is 4.72. The molecule has 1 aliphatic rings. The van der Waals surface area contributed by atoms with Crippen LogP contribution in [0.1, 0.15) is 56.1 Å². The maximum atomic E-state index is 13.4. The second-order valence-corrected chi connectivity index (χ2v) is 6.22. The summed E-state index contributed by atoms with van der Waals surface area (Å²) in [5, 5.41) is 0. The van der Waals surface area contributed by atoms with Gasteiger partial charge in [-0.1, -0.05) is 38.2 Å². The molecule has 0 heterocycles. The predicted octanol–water partition coefficient (Wildman–Crippen LogP) is 4.37. The molecular formula is C17H26FN. The van der Waals surface area contributed by atoms with Crippen molar-refractivity contribution in [1.82, 2.24) is 0 Å². The van der Waals surface area contributed by atoms with Gasteiger partial charge < -0.3 is 5.73 Å². The van der Waals surface area contributed by atoms with Crippen LogP contribution in [0.5, 0.6) is 0 Å². The van der Waals surface area contributed by atoms with E-state index in [4.69, 9.17) is 5.73 Å². The number of aryl methyl sites for hydroxylation is 1. The fraction of sp³-hybridized carbons (Fsp3) is 0.647. The fourth-order valence-corrected chi connectivity index (χ4v) is 3.34. The van der Waals surface area contributed by atoms with Gasteiger partial charge in [0.15, 0.2) is 0 Å². The van der Waals surface area contributed by atoms with E-state index in [2.05, 4.69) is 6.92 Å². The Balaban J connectivity index is 2.18. The summed E-state index contributed by atoms with van der Waals surface area (Å²) in [6.07, 6.45) is 9.87. The van der Waals surface area contributed by atoms with E-state index in [1.165, 1.54) is 50.5 Å². The zero-order valence-corrected chi connectivity index (χ0v) is 12.1. The summed E-state index contributed by atoms with van der Waals surface area (Å²) in [5.41, 5.74) is 8.63. The number of rotatable bonds is 3. The summed E-state index contributed by atoms with van der Waals surface area (Å²) in [6, 6.07) is 5.13. The van der Waals surface area contributed by atoms with E-state index in [0.717, 1.165) is 18.5 Å². The molecule has 0 radical (unpaired) electrons. The quantitative estimate of drug-likeness (QED) is 0.861. The van der Waals surface area contributed by atoms with Crippen molar-refractivity contribution in [2.24, 2.45) is 11.1 Å². The minimum absolute atomic E-state index is 0.126. The summed E-state index contributed by atoms with van der Waals surface area (Å²) in [7, 11) is 0. The summed E-state index contributed by atoms with van der Waals surface area (Å²) >= 11 is 0. The van der Waals surface area contributed by atoms with Crippen molar-refractivity contribution in [3.63, 3.8) is 0 Å². The predicted molar refractivity (Wildman–Crippen MR) is 78.6 cm³/mol. The number of hydrogen-bond donors (Lipinski definition) is 1. The molecule has 1 fully saturated rings. The minimum Gasteiger partial charge on any atom is -0.330 e. The molecule has 19 heavy (non-hydrogen) atoms. The fourth-order valence-electron chi connectivity index (χ4n) is 3.34. The van der Waals surface area contributed by atoms with Crippen molar-refractivity contribution in [3.8, 4) is 0 Å². The Bertz CT molecular complexity index is 406. The van der Waals surface area contributed by atoms with Crippen LogP contribution in [-0.2, 0) is 6.42 Å². The summed E-state index contributed by atoms with van der Waals surface area (Å²) in [5.74, 6) is -0.126. The lowest BCUT2D eigenvalue weighted by atomic mass is 9.72. The average Bonchev–Trinajstić information content (AvgIpc) is 2.37. The molecule has 0 spiro atoms. The lowest BCUT2D eigenvalue weighted by molar-refractivity contribution is 0.216. The first kappa shape index (κ1) is 14.5. The molecule has 0 aliphatic heterocycles. The highest BCUT2D eigenvalue weighted by atomic mass is 19.1. The van der Waals surface area contributed by atoms with Gasteiger partial charge in [0.2, 0.25) is 0 Å². The van der Waals surface area contributed by atoms with Crippen LogP contribution in [0, 0.1) is 18.2 Å². The molecule has 0 atom stereocenters. The van der Waals surface area contributed by atoms with Gasteiger partial charge in [0.1, 0.15) is 5.82 Å². The molecular weight excluding hydrogens is 237 g/mol. The number of halogens is 1. The van der Waals surface area contributed by atoms with Crippen molar-refractivity contribution in [2.75, 3.05) is 6.54 Å². The van der Waals surface area contributed by atoms with Crippen molar-refractivity contribution >= 4 is 0 Å². The van der Waals surface area contributed by atoms with E-state index in [9.17, 15) is 4.39 Å². The molecule has 0 aromatic heterocycles. The molecule has 2 heteroatoms. The van der Waals surface area contributed by atoms with E-state index in [1.54, 1.807) is 12.1 Å². The third kappa shape index (κ3) is 3.79. The van der Waals surface area contributed by atoms with Crippen molar-refractivity contribution < 1.29 is 4.39 Å². The lowest BCUT2D eigenvalue weighted by Gasteiger charge is -2.35. The first-order chi connectivity index (χ1) is 9.15. The summed E-state index contributed by atoms with van der Waals surface area (Å²) in [6.45, 7) is 2.80. The van der Waals surface area contributed by atoms with Crippen molar-refractivity contribution in [3.05, 3.63) is 35.1 Å². The number of benzene rings is 1. The van der Waals surface area contributed by atoms with Crippen LogP contribution < -0.4 is 5.73 Å². The molecule has 1 aliphatic carbocycles. The summed E-state index contributed by atoms with van der Waals surface area (Å²) < 4.78 is 13.4. The average molecular weight is 263 g/mol. The van der Waals surface area contributed by atoms with E-state index in [1.807, 2.05) is 6.07 Å². The zero-order valence-electron chi connectivity index (χ0n) is 12.1. The lowest BCUT2D eigenvalue weighted by Crippen LogP contribution is -2.34. The van der Waals surface area contributed by atoms with Crippen LogP contribution in [0.4, 0.5) is 4.39 Å². The van der Waals surface area contributed by atoms with Crippen molar-refractivity contribution in [2.45, 2.75) is 58.3 Å². The second kappa shape index (κ2) is 6.51. The molecule has 2 N–H and O–H groups in total. The van der Waals surface area contributed by atoms with E-state index in [0.29, 0.717) is 0 Å². The highest BCUT2D eigenvalue weighted by Crippen LogP contribution is 2.37. The highest BCUT2D eigenvalue weighted by Gasteiger charge is 2.29. The monoisotopic (exact) mass is 263 g/mol. The molecule has 2 rings (SSSR count). The SMILES string of the molecule is Cc1ccc(F)cc1CC1(CN)CCCCCCC1. The first-order valence-corrected chi connectivity index (χ1v) is 7.60. The van der Waals surface area contributed by atoms with E-state index in [-0.39, 0.29) is 11.2 Å². The number of nitrogens with two attached hydrogens (primary N) is 1. The Morgan fingerprint density at radius 2 is 1.74 bits per heavy atom. The van der Waals surface area contributed by atoms with Gasteiger partial charge in [-0.2, -0.15) is 0 Å². The van der Waals surface area contributed by atoms with Gasteiger partial charge in [-0.3, -0.25) is 0 Å². The Morgan fingerprint density at radius 3 is 2.37 bits per heavy atom. The van der Waals surface area contributed by atoms with Crippen LogP contribution >= 0.6 is 0 Å². The zero-order chi connectivity index (χ0) is 13.7. The normalized spacial score (nSPS) is 19.7. The largest absolute Gasteiger partial charge is 0.330 e. The van der Waals surface area contributed by atoms with E-state index < -0.39 is 0 Å². The van der Waals surface area contributed by atoms with Gasteiger partial charge in [-0.25, -0.2) is 4.39 Å². The van der Waals surface area contributed by atoms with Crippen LogP contribution in [0.25, 0.3) is 0 Å². The second-order valence-electron chi connectivity index (χ2n) is 6.22. The molecule has 1 aromatic carbocycles. The minimum atomic E-state index is -0.126. The molecule has 0 amide bonds. The van der Waals surface area contributed by atoms with E-state index >= 15 is 0 Å². The molecule has 1 nitrogen and oxygen atoms in total. The Hall–Kier alpha value is -0.890. The highest BCUT2D eigenvalue weighted by molar-refractivity contribution is 5.27. The third-order valence-corrected chi connectivity index (χ3v) is 4.72. The van der Waals surface area contributed by atoms with Gasteiger partial charge in [-0.15, -0.1) is 0 Å². The Kier molecular flexibility index (Phi) is 4.98. The van der Waals surface area contributed by atoms with Crippen molar-refractivity contribution in [1.29, 1.82) is 0 Å². The molecule has 0 unspecified atom stereocenters. The van der Waals surface area contributed by atoms with Gasteiger partial charge in [-0.05, 0) is 61.4 Å². The smallest absolute Gasteiger partial charge is 0.123 e. The van der Waals surface area contributed by atoms with Gasteiger partial charge in [0.25, 0.3) is 0 Å². The van der Waals surface area contributed by atoms with Crippen LogP contribution in [0.2, 0.25) is 0 Å². The number of hydrogen-bond acceptors (Lipinski definition) is 1. The van der Waals surface area contributed by atoms with Gasteiger partial charge in [0.05, 0.1) is 0 Å². The topological polar surface area (TPSA) is 26.0 Å². The van der Waals surface area contributed by atoms with Crippen LogP contribution in [0.15, 0.2) is 18.2 Å². The van der Waals surface area contributed by atoms with Crippen LogP contribution in [0.3, 0.4) is 0 Å². The molecule has 0 saturated heterocycles. The van der Waals surface area contributed by atoms with Gasteiger partial charge >= 0.3 is 0 Å². The summed E-state index contributed by atoms with van der Waals surface area (Å²) in [4.78, 5) is 0. The standard InChI is InChI=1S/C17H26FN/c1-14-7-8-16(18)11-15(14)12-17(13-19)9-5-3-2-4-6-10-17/h7-8,11H,2-6,9-10,12-13,19H2,1H3. The Labute approximate surface area is 116 Å².